The summed E-state index contributed by atoms with van der Waals surface area (Å²) in [6.07, 6.45) is 5.20. The topological polar surface area (TPSA) is 45.5 Å². The molecule has 100 valence electrons. The van der Waals surface area contributed by atoms with E-state index in [1.54, 1.807) is 12.3 Å². The fourth-order valence-corrected chi connectivity index (χ4v) is 2.56. The van der Waals surface area contributed by atoms with Crippen LogP contribution in [0.4, 0.5) is 0 Å². The van der Waals surface area contributed by atoms with Crippen molar-refractivity contribution in [2.75, 3.05) is 19.6 Å². The van der Waals surface area contributed by atoms with Crippen molar-refractivity contribution in [3.8, 4) is 0 Å². The second-order valence-electron chi connectivity index (χ2n) is 4.91. The van der Waals surface area contributed by atoms with Crippen LogP contribution in [0.15, 0.2) is 16.7 Å². The summed E-state index contributed by atoms with van der Waals surface area (Å²) >= 11 is 0. The highest BCUT2D eigenvalue weighted by Gasteiger charge is 2.21. The van der Waals surface area contributed by atoms with Gasteiger partial charge in [-0.15, -0.1) is 0 Å². The van der Waals surface area contributed by atoms with Crippen LogP contribution in [-0.4, -0.2) is 36.5 Å². The first-order valence-corrected chi connectivity index (χ1v) is 6.78. The van der Waals surface area contributed by atoms with Gasteiger partial charge >= 0.3 is 0 Å². The molecule has 0 bridgehead atoms. The molecule has 0 aliphatic carbocycles. The third-order valence-electron chi connectivity index (χ3n) is 3.73. The van der Waals surface area contributed by atoms with E-state index in [1.807, 2.05) is 6.92 Å². The predicted molar refractivity (Wildman–Crippen MR) is 70.7 cm³/mol. The van der Waals surface area contributed by atoms with Gasteiger partial charge in [-0.05, 0) is 45.3 Å². The lowest BCUT2D eigenvalue weighted by Crippen LogP contribution is -2.42. The summed E-state index contributed by atoms with van der Waals surface area (Å²) in [5.74, 6) is 0.653. The van der Waals surface area contributed by atoms with Gasteiger partial charge in [0.05, 0.1) is 11.8 Å². The van der Waals surface area contributed by atoms with E-state index in [0.29, 0.717) is 17.4 Å². The minimum absolute atomic E-state index is 0.0288. The normalized spacial score (nSPS) is 17.9. The Kier molecular flexibility index (Phi) is 4.42. The zero-order valence-electron chi connectivity index (χ0n) is 11.2. The van der Waals surface area contributed by atoms with E-state index < -0.39 is 0 Å². The predicted octanol–water partition coefficient (Wildman–Crippen LogP) is 2.19. The maximum atomic E-state index is 12.0. The largest absolute Gasteiger partial charge is 0.469 e. The molecule has 18 heavy (non-hydrogen) atoms. The second kappa shape index (κ2) is 6.05. The highest BCUT2D eigenvalue weighted by molar-refractivity contribution is 5.95. The van der Waals surface area contributed by atoms with E-state index in [0.717, 1.165) is 13.0 Å². The van der Waals surface area contributed by atoms with Gasteiger partial charge in [0.1, 0.15) is 5.76 Å². The molecule has 0 unspecified atom stereocenters. The van der Waals surface area contributed by atoms with Crippen LogP contribution >= 0.6 is 0 Å². The first-order chi connectivity index (χ1) is 8.72. The molecule has 0 spiro atoms. The fraction of sp³-hybridized carbons (Fsp3) is 0.643. The molecule has 1 amide bonds. The molecule has 4 nitrogen and oxygen atoms in total. The Labute approximate surface area is 108 Å². The van der Waals surface area contributed by atoms with Crippen LogP contribution in [0.5, 0.6) is 0 Å². The summed E-state index contributed by atoms with van der Waals surface area (Å²) in [6, 6.07) is 2.19. The van der Waals surface area contributed by atoms with Gasteiger partial charge < -0.3 is 9.73 Å². The number of carbonyl (C=O) groups excluding carboxylic acids is 1. The molecule has 1 atom stereocenters. The van der Waals surface area contributed by atoms with Crippen molar-refractivity contribution in [1.82, 2.24) is 10.2 Å². The summed E-state index contributed by atoms with van der Waals surface area (Å²) < 4.78 is 5.15. The van der Waals surface area contributed by atoms with Gasteiger partial charge in [0.2, 0.25) is 0 Å². The SMILES string of the molecule is CC[C@@H](CNC(=O)c1ccoc1C)N1CCCC1. The van der Waals surface area contributed by atoms with Crippen molar-refractivity contribution in [3.63, 3.8) is 0 Å². The maximum absolute atomic E-state index is 12.0. The Hall–Kier alpha value is -1.29. The minimum Gasteiger partial charge on any atom is -0.469 e. The van der Waals surface area contributed by atoms with E-state index >= 15 is 0 Å². The Morgan fingerprint density at radius 3 is 2.78 bits per heavy atom. The summed E-state index contributed by atoms with van der Waals surface area (Å²) in [4.78, 5) is 14.4. The van der Waals surface area contributed by atoms with Gasteiger partial charge in [0.25, 0.3) is 5.91 Å². The molecule has 1 aromatic heterocycles. The molecular formula is C14H22N2O2. The van der Waals surface area contributed by atoms with Crippen LogP contribution in [0.25, 0.3) is 0 Å². The van der Waals surface area contributed by atoms with E-state index in [-0.39, 0.29) is 5.91 Å². The smallest absolute Gasteiger partial charge is 0.254 e. The summed E-state index contributed by atoms with van der Waals surface area (Å²) in [5.41, 5.74) is 0.645. The third kappa shape index (κ3) is 2.93. The Bertz CT molecular complexity index is 394. The highest BCUT2D eigenvalue weighted by atomic mass is 16.3. The maximum Gasteiger partial charge on any atom is 0.254 e. The van der Waals surface area contributed by atoms with Gasteiger partial charge in [0, 0.05) is 12.6 Å². The number of furan rings is 1. The number of hydrogen-bond donors (Lipinski definition) is 1. The standard InChI is InChI=1S/C14H22N2O2/c1-3-12(16-7-4-5-8-16)10-15-14(17)13-6-9-18-11(13)2/h6,9,12H,3-5,7-8,10H2,1-2H3,(H,15,17)/t12-/m0/s1. The van der Waals surface area contributed by atoms with Gasteiger partial charge in [0.15, 0.2) is 0 Å². The van der Waals surface area contributed by atoms with Crippen LogP contribution < -0.4 is 5.32 Å². The molecule has 1 aliphatic rings. The van der Waals surface area contributed by atoms with Crippen LogP contribution in [0.1, 0.15) is 42.3 Å². The molecule has 2 rings (SSSR count). The first kappa shape index (κ1) is 13.1. The molecule has 1 N–H and O–H groups in total. The van der Waals surface area contributed by atoms with Crippen molar-refractivity contribution in [2.45, 2.75) is 39.2 Å². The van der Waals surface area contributed by atoms with Crippen LogP contribution in [-0.2, 0) is 0 Å². The highest BCUT2D eigenvalue weighted by Crippen LogP contribution is 2.14. The number of nitrogens with zero attached hydrogens (tertiary/aromatic N) is 1. The molecule has 1 saturated heterocycles. The number of rotatable bonds is 5. The van der Waals surface area contributed by atoms with Crippen molar-refractivity contribution in [1.29, 1.82) is 0 Å². The lowest BCUT2D eigenvalue weighted by atomic mass is 10.2. The van der Waals surface area contributed by atoms with Crippen LogP contribution in [0.3, 0.4) is 0 Å². The van der Waals surface area contributed by atoms with E-state index in [4.69, 9.17) is 4.42 Å². The zero-order chi connectivity index (χ0) is 13.0. The Morgan fingerprint density at radius 2 is 2.22 bits per heavy atom. The van der Waals surface area contributed by atoms with Crippen molar-refractivity contribution < 1.29 is 9.21 Å². The molecular weight excluding hydrogens is 228 g/mol. The van der Waals surface area contributed by atoms with Crippen molar-refractivity contribution >= 4 is 5.91 Å². The number of hydrogen-bond acceptors (Lipinski definition) is 3. The summed E-state index contributed by atoms with van der Waals surface area (Å²) in [7, 11) is 0. The lowest BCUT2D eigenvalue weighted by Gasteiger charge is -2.26. The molecule has 0 saturated carbocycles. The van der Waals surface area contributed by atoms with Crippen molar-refractivity contribution in [2.24, 2.45) is 0 Å². The molecule has 0 aromatic carbocycles. The second-order valence-corrected chi connectivity index (χ2v) is 4.91. The monoisotopic (exact) mass is 250 g/mol. The number of amides is 1. The first-order valence-electron chi connectivity index (χ1n) is 6.78. The van der Waals surface area contributed by atoms with Gasteiger partial charge in [-0.2, -0.15) is 0 Å². The molecule has 0 radical (unpaired) electrons. The molecule has 1 fully saturated rings. The zero-order valence-corrected chi connectivity index (χ0v) is 11.2. The average molecular weight is 250 g/mol. The number of likely N-dealkylation sites (tertiary alicyclic amines) is 1. The van der Waals surface area contributed by atoms with Gasteiger partial charge in [-0.25, -0.2) is 0 Å². The van der Waals surface area contributed by atoms with E-state index in [2.05, 4.69) is 17.1 Å². The van der Waals surface area contributed by atoms with Crippen LogP contribution in [0, 0.1) is 6.92 Å². The lowest BCUT2D eigenvalue weighted by molar-refractivity contribution is 0.0935. The summed E-state index contributed by atoms with van der Waals surface area (Å²) in [6.45, 7) is 7.04. The quantitative estimate of drug-likeness (QED) is 0.871. The van der Waals surface area contributed by atoms with E-state index in [1.165, 1.54) is 25.9 Å². The number of carbonyl (C=O) groups is 1. The third-order valence-corrected chi connectivity index (χ3v) is 3.73. The minimum atomic E-state index is -0.0288. The Balaban J connectivity index is 1.86. The fourth-order valence-electron chi connectivity index (χ4n) is 2.56. The molecule has 2 heterocycles. The van der Waals surface area contributed by atoms with E-state index in [9.17, 15) is 4.79 Å². The molecule has 1 aliphatic heterocycles. The number of nitrogens with one attached hydrogen (secondary N) is 1. The van der Waals surface area contributed by atoms with Crippen LogP contribution in [0.2, 0.25) is 0 Å². The van der Waals surface area contributed by atoms with Gasteiger partial charge in [-0.3, -0.25) is 9.69 Å². The Morgan fingerprint density at radius 1 is 1.50 bits per heavy atom. The molecule has 4 heteroatoms. The summed E-state index contributed by atoms with van der Waals surface area (Å²) in [5, 5.41) is 3.01. The molecule has 1 aromatic rings. The number of aryl methyl sites for hydroxylation is 1. The average Bonchev–Trinajstić information content (AvgIpc) is 3.01. The van der Waals surface area contributed by atoms with Gasteiger partial charge in [-0.1, -0.05) is 6.92 Å². The van der Waals surface area contributed by atoms with Crippen molar-refractivity contribution in [3.05, 3.63) is 23.7 Å².